The van der Waals surface area contributed by atoms with Gasteiger partial charge in [-0.15, -0.1) is 0 Å². The second-order valence-corrected chi connectivity index (χ2v) is 6.11. The van der Waals surface area contributed by atoms with Crippen molar-refractivity contribution in [1.29, 1.82) is 0 Å². The van der Waals surface area contributed by atoms with Crippen molar-refractivity contribution in [2.45, 2.75) is 19.9 Å². The lowest BCUT2D eigenvalue weighted by atomic mass is 10.0. The highest BCUT2D eigenvalue weighted by atomic mass is 19.1. The van der Waals surface area contributed by atoms with Gasteiger partial charge in [-0.2, -0.15) is 5.10 Å². The monoisotopic (exact) mass is 320 g/mol. The van der Waals surface area contributed by atoms with E-state index in [0.29, 0.717) is 6.04 Å². The van der Waals surface area contributed by atoms with Gasteiger partial charge in [0.1, 0.15) is 5.82 Å². The molecule has 1 N–H and O–H groups in total. The third kappa shape index (κ3) is 2.38. The van der Waals surface area contributed by atoms with Crippen LogP contribution in [0.2, 0.25) is 0 Å². The van der Waals surface area contributed by atoms with E-state index in [9.17, 15) is 4.39 Å². The molecule has 2 aromatic heterocycles. The molecule has 0 unspecified atom stereocenters. The van der Waals surface area contributed by atoms with Crippen molar-refractivity contribution >= 4 is 11.0 Å². The molecule has 0 bridgehead atoms. The van der Waals surface area contributed by atoms with Crippen LogP contribution in [0.15, 0.2) is 55.0 Å². The highest BCUT2D eigenvalue weighted by Crippen LogP contribution is 2.32. The van der Waals surface area contributed by atoms with E-state index in [-0.39, 0.29) is 5.82 Å². The summed E-state index contributed by atoms with van der Waals surface area (Å²) in [6, 6.07) is 13.0. The second-order valence-electron chi connectivity index (χ2n) is 6.11. The lowest BCUT2D eigenvalue weighted by Gasteiger charge is -2.08. The molecule has 0 saturated carbocycles. The van der Waals surface area contributed by atoms with Gasteiger partial charge in [0.25, 0.3) is 0 Å². The Morgan fingerprint density at radius 2 is 1.79 bits per heavy atom. The van der Waals surface area contributed by atoms with E-state index in [4.69, 9.17) is 0 Å². The molecule has 24 heavy (non-hydrogen) atoms. The first-order chi connectivity index (χ1) is 11.6. The van der Waals surface area contributed by atoms with Crippen LogP contribution in [0.4, 0.5) is 4.39 Å². The number of hydrogen-bond donors (Lipinski definition) is 1. The van der Waals surface area contributed by atoms with E-state index in [1.807, 2.05) is 6.33 Å². The first-order valence-corrected chi connectivity index (χ1v) is 7.90. The van der Waals surface area contributed by atoms with Crippen molar-refractivity contribution in [3.05, 3.63) is 60.8 Å². The Hall–Kier alpha value is -2.95. The van der Waals surface area contributed by atoms with E-state index in [1.165, 1.54) is 12.1 Å². The van der Waals surface area contributed by atoms with Crippen molar-refractivity contribution < 1.29 is 4.39 Å². The minimum absolute atomic E-state index is 0.250. The summed E-state index contributed by atoms with van der Waals surface area (Å²) < 4.78 is 15.3. The molecule has 0 aliphatic rings. The zero-order chi connectivity index (χ0) is 16.7. The van der Waals surface area contributed by atoms with Gasteiger partial charge in [-0.3, -0.25) is 5.10 Å². The number of aromatic nitrogens is 4. The molecule has 5 heteroatoms. The fraction of sp³-hybridized carbons (Fsp3) is 0.158. The molecule has 0 radical (unpaired) electrons. The van der Waals surface area contributed by atoms with E-state index in [1.54, 1.807) is 18.3 Å². The van der Waals surface area contributed by atoms with Crippen LogP contribution in [0.1, 0.15) is 19.9 Å². The van der Waals surface area contributed by atoms with Crippen LogP contribution in [-0.2, 0) is 0 Å². The number of imidazole rings is 1. The van der Waals surface area contributed by atoms with Crippen molar-refractivity contribution in [3.8, 4) is 22.4 Å². The molecule has 4 aromatic rings. The maximum Gasteiger partial charge on any atom is 0.123 e. The summed E-state index contributed by atoms with van der Waals surface area (Å²) in [5.74, 6) is -0.250. The molecular weight excluding hydrogens is 303 g/mol. The largest absolute Gasteiger partial charge is 0.328 e. The van der Waals surface area contributed by atoms with Gasteiger partial charge in [-0.1, -0.05) is 6.07 Å². The number of halogens is 1. The first kappa shape index (κ1) is 14.6. The van der Waals surface area contributed by atoms with Gasteiger partial charge in [-0.05, 0) is 55.8 Å². The smallest absolute Gasteiger partial charge is 0.123 e. The molecule has 0 spiro atoms. The average molecular weight is 320 g/mol. The molecular formula is C19H17FN4. The van der Waals surface area contributed by atoms with E-state index in [2.05, 4.69) is 51.8 Å². The van der Waals surface area contributed by atoms with E-state index >= 15 is 0 Å². The van der Waals surface area contributed by atoms with Gasteiger partial charge in [0.15, 0.2) is 0 Å². The molecule has 0 saturated heterocycles. The van der Waals surface area contributed by atoms with Crippen molar-refractivity contribution in [2.75, 3.05) is 0 Å². The first-order valence-electron chi connectivity index (χ1n) is 7.90. The van der Waals surface area contributed by atoms with Crippen LogP contribution in [0, 0.1) is 5.82 Å². The van der Waals surface area contributed by atoms with Crippen LogP contribution >= 0.6 is 0 Å². The summed E-state index contributed by atoms with van der Waals surface area (Å²) in [6.07, 6.45) is 3.66. The number of fused-ring (bicyclic) bond motifs is 1. The third-order valence-corrected chi connectivity index (χ3v) is 4.21. The maximum atomic E-state index is 13.2. The number of hydrogen-bond acceptors (Lipinski definition) is 2. The third-order valence-electron chi connectivity index (χ3n) is 4.21. The van der Waals surface area contributed by atoms with Gasteiger partial charge in [-0.25, -0.2) is 9.37 Å². The van der Waals surface area contributed by atoms with E-state index in [0.717, 1.165) is 33.4 Å². The molecule has 2 heterocycles. The number of H-pyrrole nitrogens is 1. The van der Waals surface area contributed by atoms with Gasteiger partial charge in [0, 0.05) is 17.2 Å². The number of rotatable bonds is 3. The molecule has 4 rings (SSSR count). The van der Waals surface area contributed by atoms with E-state index < -0.39 is 0 Å². The van der Waals surface area contributed by atoms with Gasteiger partial charge in [0.2, 0.25) is 0 Å². The Balaban J connectivity index is 1.81. The van der Waals surface area contributed by atoms with Crippen LogP contribution in [0.3, 0.4) is 0 Å². The van der Waals surface area contributed by atoms with Gasteiger partial charge >= 0.3 is 0 Å². The van der Waals surface area contributed by atoms with Crippen molar-refractivity contribution in [3.63, 3.8) is 0 Å². The van der Waals surface area contributed by atoms with Crippen LogP contribution in [-0.4, -0.2) is 19.7 Å². The summed E-state index contributed by atoms with van der Waals surface area (Å²) in [7, 11) is 0. The quantitative estimate of drug-likeness (QED) is 0.588. The molecule has 0 aliphatic carbocycles. The molecule has 2 aromatic carbocycles. The zero-order valence-electron chi connectivity index (χ0n) is 13.5. The molecule has 4 nitrogen and oxygen atoms in total. The Morgan fingerprint density at radius 1 is 1.04 bits per heavy atom. The molecule has 0 fully saturated rings. The summed E-state index contributed by atoms with van der Waals surface area (Å²) in [5.41, 5.74) is 5.84. The summed E-state index contributed by atoms with van der Waals surface area (Å²) in [5, 5.41) is 7.18. The van der Waals surface area contributed by atoms with Crippen LogP contribution < -0.4 is 0 Å². The number of nitrogens with one attached hydrogen (secondary N) is 1. The highest BCUT2D eigenvalue weighted by Gasteiger charge is 2.12. The summed E-state index contributed by atoms with van der Waals surface area (Å²) in [6.45, 7) is 4.27. The minimum atomic E-state index is -0.250. The lowest BCUT2D eigenvalue weighted by molar-refractivity contribution is 0.617. The van der Waals surface area contributed by atoms with Crippen LogP contribution in [0.5, 0.6) is 0 Å². The highest BCUT2D eigenvalue weighted by molar-refractivity contribution is 5.87. The average Bonchev–Trinajstić information content (AvgIpc) is 3.21. The lowest BCUT2D eigenvalue weighted by Crippen LogP contribution is -1.97. The van der Waals surface area contributed by atoms with Gasteiger partial charge < -0.3 is 4.57 Å². The fourth-order valence-corrected chi connectivity index (χ4v) is 2.95. The number of benzene rings is 2. The van der Waals surface area contributed by atoms with Crippen LogP contribution in [0.25, 0.3) is 33.4 Å². The Morgan fingerprint density at radius 3 is 2.54 bits per heavy atom. The fourth-order valence-electron chi connectivity index (χ4n) is 2.95. The second kappa shape index (κ2) is 5.60. The number of nitrogens with zero attached hydrogens (tertiary/aromatic N) is 3. The number of aromatic amines is 1. The molecule has 0 amide bonds. The minimum Gasteiger partial charge on any atom is -0.328 e. The normalized spacial score (nSPS) is 11.5. The molecule has 120 valence electrons. The Labute approximate surface area is 139 Å². The van der Waals surface area contributed by atoms with Crippen molar-refractivity contribution in [1.82, 2.24) is 19.7 Å². The standard InChI is InChI=1S/C19H17FN4/c1-12(2)24-11-21-17-9-14(5-8-18(17)24)16-10-22-23-19(16)13-3-6-15(20)7-4-13/h3-12H,1-2H3,(H,22,23). The molecule has 0 aliphatic heterocycles. The SMILES string of the molecule is CC(C)n1cnc2cc(-c3cn[nH]c3-c3ccc(F)cc3)ccc21. The predicted molar refractivity (Wildman–Crippen MR) is 93.1 cm³/mol. The molecule has 0 atom stereocenters. The zero-order valence-corrected chi connectivity index (χ0v) is 13.5. The topological polar surface area (TPSA) is 46.5 Å². The Bertz CT molecular complexity index is 996. The summed E-state index contributed by atoms with van der Waals surface area (Å²) >= 11 is 0. The maximum absolute atomic E-state index is 13.2. The predicted octanol–water partition coefficient (Wildman–Crippen LogP) is 4.81. The van der Waals surface area contributed by atoms with Gasteiger partial charge in [0.05, 0.1) is 29.3 Å². The van der Waals surface area contributed by atoms with Crippen molar-refractivity contribution in [2.24, 2.45) is 0 Å². The summed E-state index contributed by atoms with van der Waals surface area (Å²) in [4.78, 5) is 4.51. The Kier molecular flexibility index (Phi) is 3.41.